The largest absolute Gasteiger partial charge is 0.493 e. The normalized spacial score (nSPS) is 11.0. The Morgan fingerprint density at radius 3 is 2.41 bits per heavy atom. The summed E-state index contributed by atoms with van der Waals surface area (Å²) in [6.07, 6.45) is 1.71. The van der Waals surface area contributed by atoms with E-state index in [-0.39, 0.29) is 0 Å². The Bertz CT molecular complexity index is 1020. The Morgan fingerprint density at radius 1 is 1.11 bits per heavy atom. The van der Waals surface area contributed by atoms with Crippen molar-refractivity contribution >= 4 is 34.4 Å². The van der Waals surface area contributed by atoms with Gasteiger partial charge in [0.15, 0.2) is 17.3 Å². The lowest BCUT2D eigenvalue weighted by Gasteiger charge is -2.13. The third-order valence-electron chi connectivity index (χ3n) is 3.74. The Labute approximate surface area is 169 Å². The molecule has 9 heteroatoms. The highest BCUT2D eigenvalue weighted by Gasteiger charge is 2.17. The summed E-state index contributed by atoms with van der Waals surface area (Å²) in [6, 6.07) is 11.3. The van der Waals surface area contributed by atoms with Crippen LogP contribution in [0.1, 0.15) is 5.56 Å². The molecular formula is C18H17BrN4O3S. The maximum atomic E-state index is 5.41. The zero-order chi connectivity index (χ0) is 19.4. The molecule has 2 aromatic carbocycles. The molecule has 0 fully saturated rings. The maximum Gasteiger partial charge on any atom is 0.216 e. The van der Waals surface area contributed by atoms with Crippen LogP contribution in [0.25, 0.3) is 11.4 Å². The molecule has 7 nitrogen and oxygen atoms in total. The van der Waals surface area contributed by atoms with Crippen molar-refractivity contribution in [3.63, 3.8) is 0 Å². The molecule has 0 aliphatic heterocycles. The van der Waals surface area contributed by atoms with Crippen LogP contribution in [0.2, 0.25) is 0 Å². The third kappa shape index (κ3) is 4.04. The molecular weight excluding hydrogens is 432 g/mol. The van der Waals surface area contributed by atoms with E-state index in [0.29, 0.717) is 33.4 Å². The summed E-state index contributed by atoms with van der Waals surface area (Å²) in [7, 11) is 4.67. The Hall–Kier alpha value is -2.65. The highest BCUT2D eigenvalue weighted by atomic mass is 79.9. The van der Waals surface area contributed by atoms with Gasteiger partial charge in [-0.2, -0.15) is 14.9 Å². The zero-order valence-corrected chi connectivity index (χ0v) is 17.3. The molecule has 140 valence electrons. The average molecular weight is 449 g/mol. The summed E-state index contributed by atoms with van der Waals surface area (Å²) in [5.41, 5.74) is 1.63. The van der Waals surface area contributed by atoms with Crippen LogP contribution in [0.4, 0.5) is 0 Å². The van der Waals surface area contributed by atoms with Crippen molar-refractivity contribution in [3.8, 4) is 28.6 Å². The number of benzene rings is 2. The number of aromatic nitrogens is 3. The van der Waals surface area contributed by atoms with Gasteiger partial charge in [-0.05, 0) is 42.0 Å². The standard InChI is InChI=1S/C18H17BrN4O3S/c1-24-14-8-12(9-15(25-2)16(14)26-3)17-21-22-18(27)23(17)20-10-11-5-4-6-13(19)7-11/h4-10H,1-3H3,(H,22,27)/b20-10-. The molecule has 27 heavy (non-hydrogen) atoms. The smallest absolute Gasteiger partial charge is 0.216 e. The van der Waals surface area contributed by atoms with E-state index in [0.717, 1.165) is 10.0 Å². The predicted octanol–water partition coefficient (Wildman–Crippen LogP) is 4.28. The Balaban J connectivity index is 2.08. The minimum atomic E-state index is 0.366. The first-order valence-corrected chi connectivity index (χ1v) is 9.05. The predicted molar refractivity (Wildman–Crippen MR) is 110 cm³/mol. The first-order valence-electron chi connectivity index (χ1n) is 7.85. The van der Waals surface area contributed by atoms with Crippen molar-refractivity contribution in [2.75, 3.05) is 21.3 Å². The maximum absolute atomic E-state index is 5.41. The van der Waals surface area contributed by atoms with E-state index in [9.17, 15) is 0 Å². The minimum absolute atomic E-state index is 0.366. The zero-order valence-electron chi connectivity index (χ0n) is 14.9. The number of rotatable bonds is 6. The van der Waals surface area contributed by atoms with Gasteiger partial charge in [-0.1, -0.05) is 28.1 Å². The lowest BCUT2D eigenvalue weighted by Crippen LogP contribution is -1.99. The van der Waals surface area contributed by atoms with Gasteiger partial charge < -0.3 is 14.2 Å². The average Bonchev–Trinajstić information content (AvgIpc) is 3.05. The first-order chi connectivity index (χ1) is 13.1. The van der Waals surface area contributed by atoms with Gasteiger partial charge in [-0.25, -0.2) is 5.10 Å². The molecule has 1 heterocycles. The summed E-state index contributed by atoms with van der Waals surface area (Å²) < 4.78 is 19.0. The van der Waals surface area contributed by atoms with E-state index in [2.05, 4.69) is 31.2 Å². The van der Waals surface area contributed by atoms with Gasteiger partial charge in [0, 0.05) is 10.0 Å². The lowest BCUT2D eigenvalue weighted by molar-refractivity contribution is 0.324. The third-order valence-corrected chi connectivity index (χ3v) is 4.50. The molecule has 0 saturated heterocycles. The van der Waals surface area contributed by atoms with E-state index >= 15 is 0 Å². The van der Waals surface area contributed by atoms with Gasteiger partial charge in [-0.15, -0.1) is 0 Å². The molecule has 3 rings (SSSR count). The molecule has 0 amide bonds. The fraction of sp³-hybridized carbons (Fsp3) is 0.167. The number of nitrogens with zero attached hydrogens (tertiary/aromatic N) is 3. The number of hydrogen-bond acceptors (Lipinski definition) is 6. The highest BCUT2D eigenvalue weighted by Crippen LogP contribution is 2.40. The molecule has 3 aromatic rings. The van der Waals surface area contributed by atoms with Crippen molar-refractivity contribution in [2.24, 2.45) is 5.10 Å². The van der Waals surface area contributed by atoms with Crippen LogP contribution in [0.5, 0.6) is 17.2 Å². The van der Waals surface area contributed by atoms with Crippen molar-refractivity contribution in [1.29, 1.82) is 0 Å². The molecule has 0 spiro atoms. The molecule has 0 aliphatic rings. The number of nitrogens with one attached hydrogen (secondary N) is 1. The second-order valence-corrected chi connectivity index (χ2v) is 6.68. The number of aromatic amines is 1. The van der Waals surface area contributed by atoms with Crippen LogP contribution < -0.4 is 14.2 Å². The molecule has 0 unspecified atom stereocenters. The Kier molecular flexibility index (Phi) is 5.92. The first kappa shape index (κ1) is 19.1. The second kappa shape index (κ2) is 8.36. The summed E-state index contributed by atoms with van der Waals surface area (Å²) in [6.45, 7) is 0. The molecule has 0 aliphatic carbocycles. The summed E-state index contributed by atoms with van der Waals surface area (Å²) in [4.78, 5) is 0. The topological polar surface area (TPSA) is 73.7 Å². The summed E-state index contributed by atoms with van der Waals surface area (Å²) in [5, 5.41) is 11.5. The highest BCUT2D eigenvalue weighted by molar-refractivity contribution is 9.10. The van der Waals surface area contributed by atoms with E-state index in [4.69, 9.17) is 26.4 Å². The number of halogens is 1. The molecule has 1 aromatic heterocycles. The van der Waals surface area contributed by atoms with Crippen LogP contribution >= 0.6 is 28.1 Å². The quantitative estimate of drug-likeness (QED) is 0.449. The van der Waals surface area contributed by atoms with Crippen LogP contribution in [0.15, 0.2) is 46.0 Å². The van der Waals surface area contributed by atoms with Crippen molar-refractivity contribution in [1.82, 2.24) is 14.9 Å². The van der Waals surface area contributed by atoms with Gasteiger partial charge in [0.1, 0.15) is 0 Å². The number of hydrogen-bond donors (Lipinski definition) is 1. The Morgan fingerprint density at radius 2 is 1.81 bits per heavy atom. The van der Waals surface area contributed by atoms with Crippen molar-refractivity contribution in [2.45, 2.75) is 0 Å². The second-order valence-electron chi connectivity index (χ2n) is 5.38. The van der Waals surface area contributed by atoms with Crippen LogP contribution in [-0.4, -0.2) is 42.4 Å². The SMILES string of the molecule is COc1cc(-c2n[nH]c(=S)n2/N=C\c2cccc(Br)c2)cc(OC)c1OC. The van der Waals surface area contributed by atoms with Crippen LogP contribution in [0.3, 0.4) is 0 Å². The van der Waals surface area contributed by atoms with E-state index in [1.807, 2.05) is 24.3 Å². The molecule has 0 radical (unpaired) electrons. The fourth-order valence-electron chi connectivity index (χ4n) is 2.51. The number of H-pyrrole nitrogens is 1. The summed E-state index contributed by atoms with van der Waals surface area (Å²) >= 11 is 8.76. The number of methoxy groups -OCH3 is 3. The minimum Gasteiger partial charge on any atom is -0.493 e. The van der Waals surface area contributed by atoms with E-state index in [1.54, 1.807) is 39.7 Å². The van der Waals surface area contributed by atoms with Crippen molar-refractivity contribution in [3.05, 3.63) is 51.2 Å². The van der Waals surface area contributed by atoms with Crippen molar-refractivity contribution < 1.29 is 14.2 Å². The summed E-state index contributed by atoms with van der Waals surface area (Å²) in [5.74, 6) is 2.05. The van der Waals surface area contributed by atoms with Crippen LogP contribution in [-0.2, 0) is 0 Å². The van der Waals surface area contributed by atoms with Gasteiger partial charge >= 0.3 is 0 Å². The van der Waals surface area contributed by atoms with Gasteiger partial charge in [-0.3, -0.25) is 0 Å². The lowest BCUT2D eigenvalue weighted by atomic mass is 10.1. The molecule has 1 N–H and O–H groups in total. The monoisotopic (exact) mass is 448 g/mol. The van der Waals surface area contributed by atoms with Gasteiger partial charge in [0.05, 0.1) is 27.5 Å². The molecule has 0 bridgehead atoms. The molecule has 0 atom stereocenters. The molecule has 0 saturated carbocycles. The van der Waals surface area contributed by atoms with Gasteiger partial charge in [0.2, 0.25) is 10.5 Å². The van der Waals surface area contributed by atoms with Crippen LogP contribution in [0, 0.1) is 4.77 Å². The number of ether oxygens (including phenoxy) is 3. The fourth-order valence-corrected chi connectivity index (χ4v) is 3.10. The van der Waals surface area contributed by atoms with E-state index in [1.165, 1.54) is 4.68 Å². The van der Waals surface area contributed by atoms with E-state index < -0.39 is 0 Å². The van der Waals surface area contributed by atoms with Gasteiger partial charge in [0.25, 0.3) is 0 Å².